The van der Waals surface area contributed by atoms with Gasteiger partial charge in [0.15, 0.2) is 0 Å². The fraction of sp³-hybridized carbons (Fsp3) is 0.696. The maximum Gasteiger partial charge on any atom is 0.223 e. The second kappa shape index (κ2) is 10.7. The number of amides is 1. The molecule has 0 bridgehead atoms. The highest BCUT2D eigenvalue weighted by Crippen LogP contribution is 2.22. The lowest BCUT2D eigenvalue weighted by Gasteiger charge is -2.35. The third-order valence-electron chi connectivity index (χ3n) is 6.30. The zero-order chi connectivity index (χ0) is 21.6. The number of carbonyl (C=O) groups excluding carboxylic acids is 1. The Kier molecular flexibility index (Phi) is 8.31. The molecular formula is C23H37N3O3S. The quantitative estimate of drug-likeness (QED) is 0.638. The Morgan fingerprint density at radius 2 is 1.70 bits per heavy atom. The average Bonchev–Trinajstić information content (AvgIpc) is 2.71. The first-order valence-electron chi connectivity index (χ1n) is 11.4. The van der Waals surface area contributed by atoms with Gasteiger partial charge in [-0.05, 0) is 49.6 Å². The van der Waals surface area contributed by atoms with Crippen LogP contribution in [0.25, 0.3) is 0 Å². The van der Waals surface area contributed by atoms with Crippen molar-refractivity contribution in [3.05, 3.63) is 35.9 Å². The lowest BCUT2D eigenvalue weighted by molar-refractivity contribution is -0.126. The summed E-state index contributed by atoms with van der Waals surface area (Å²) in [5.74, 6) is 1.54. The second-order valence-electron chi connectivity index (χ2n) is 9.27. The molecule has 7 heteroatoms. The van der Waals surface area contributed by atoms with Crippen molar-refractivity contribution in [2.45, 2.75) is 45.3 Å². The highest BCUT2D eigenvalue weighted by atomic mass is 32.2. The predicted molar refractivity (Wildman–Crippen MR) is 120 cm³/mol. The molecule has 1 N–H and O–H groups in total. The number of piperidine rings is 2. The molecule has 1 amide bonds. The van der Waals surface area contributed by atoms with Crippen molar-refractivity contribution in [1.82, 2.24) is 14.5 Å². The summed E-state index contributed by atoms with van der Waals surface area (Å²) < 4.78 is 26.9. The summed E-state index contributed by atoms with van der Waals surface area (Å²) in [6, 6.07) is 9.27. The molecule has 1 aromatic rings. The van der Waals surface area contributed by atoms with E-state index in [2.05, 4.69) is 24.1 Å². The van der Waals surface area contributed by atoms with E-state index in [1.165, 1.54) is 6.42 Å². The molecule has 168 valence electrons. The molecule has 3 rings (SSSR count). The molecule has 0 aromatic heterocycles. The number of hydrogen-bond acceptors (Lipinski definition) is 4. The number of carbonyl (C=O) groups is 1. The molecule has 30 heavy (non-hydrogen) atoms. The van der Waals surface area contributed by atoms with Gasteiger partial charge in [0.1, 0.15) is 0 Å². The van der Waals surface area contributed by atoms with Crippen LogP contribution in [0.15, 0.2) is 30.3 Å². The Morgan fingerprint density at radius 3 is 2.33 bits per heavy atom. The Bertz CT molecular complexity index is 766. The molecule has 2 fully saturated rings. The van der Waals surface area contributed by atoms with Crippen molar-refractivity contribution in [3.63, 3.8) is 0 Å². The van der Waals surface area contributed by atoms with E-state index in [1.54, 1.807) is 4.31 Å². The van der Waals surface area contributed by atoms with Gasteiger partial charge in [-0.15, -0.1) is 0 Å². The van der Waals surface area contributed by atoms with Gasteiger partial charge in [0.25, 0.3) is 0 Å². The van der Waals surface area contributed by atoms with E-state index >= 15 is 0 Å². The third kappa shape index (κ3) is 6.79. The summed E-state index contributed by atoms with van der Waals surface area (Å²) in [6.07, 6.45) is 3.48. The van der Waals surface area contributed by atoms with Crippen LogP contribution in [0.5, 0.6) is 0 Å². The van der Waals surface area contributed by atoms with Gasteiger partial charge in [0, 0.05) is 38.6 Å². The second-order valence-corrected chi connectivity index (χ2v) is 11.2. The topological polar surface area (TPSA) is 69.7 Å². The van der Waals surface area contributed by atoms with Crippen LogP contribution in [0, 0.1) is 17.8 Å². The highest BCUT2D eigenvalue weighted by molar-refractivity contribution is 7.88. The molecule has 0 unspecified atom stereocenters. The van der Waals surface area contributed by atoms with Gasteiger partial charge in [-0.25, -0.2) is 12.7 Å². The standard InChI is InChI=1S/C23H37N3O3S/c1-19-15-20(2)17-25(16-19)12-6-11-24-23(27)22-9-13-26(14-10-22)30(28,29)18-21-7-4-3-5-8-21/h3-5,7-8,19-20,22H,6,9-18H2,1-2H3,(H,24,27)/t19-,20-/m0/s1. The molecule has 0 aliphatic carbocycles. The Hall–Kier alpha value is -1.44. The Balaban J connectivity index is 1.36. The molecular weight excluding hydrogens is 398 g/mol. The number of likely N-dealkylation sites (tertiary alicyclic amines) is 1. The number of hydrogen-bond donors (Lipinski definition) is 1. The largest absolute Gasteiger partial charge is 0.356 e. The summed E-state index contributed by atoms with van der Waals surface area (Å²) in [5, 5.41) is 3.07. The molecule has 2 aliphatic rings. The molecule has 2 heterocycles. The minimum absolute atomic E-state index is 0.0262. The van der Waals surface area contributed by atoms with Crippen molar-refractivity contribution in [1.29, 1.82) is 0 Å². The predicted octanol–water partition coefficient (Wildman–Crippen LogP) is 2.71. The molecule has 0 saturated carbocycles. The van der Waals surface area contributed by atoms with E-state index in [-0.39, 0.29) is 17.6 Å². The summed E-state index contributed by atoms with van der Waals surface area (Å²) >= 11 is 0. The van der Waals surface area contributed by atoms with Crippen LogP contribution in [-0.4, -0.2) is 62.8 Å². The molecule has 2 saturated heterocycles. The number of benzene rings is 1. The van der Waals surface area contributed by atoms with Gasteiger partial charge in [0.05, 0.1) is 5.75 Å². The maximum atomic E-state index is 12.7. The SMILES string of the molecule is C[C@H]1C[C@H](C)CN(CCCNC(=O)C2CCN(S(=O)(=O)Cc3ccccc3)CC2)C1. The van der Waals surface area contributed by atoms with Crippen LogP contribution in [-0.2, 0) is 20.6 Å². The van der Waals surface area contributed by atoms with E-state index in [0.29, 0.717) is 32.5 Å². The molecule has 0 spiro atoms. The highest BCUT2D eigenvalue weighted by Gasteiger charge is 2.31. The van der Waals surface area contributed by atoms with Crippen LogP contribution in [0.4, 0.5) is 0 Å². The van der Waals surface area contributed by atoms with Crippen LogP contribution in [0.3, 0.4) is 0 Å². The normalized spacial score (nSPS) is 24.6. The fourth-order valence-electron chi connectivity index (χ4n) is 4.91. The van der Waals surface area contributed by atoms with Crippen LogP contribution in [0.2, 0.25) is 0 Å². The average molecular weight is 436 g/mol. The lowest BCUT2D eigenvalue weighted by Crippen LogP contribution is -2.44. The zero-order valence-corrected chi connectivity index (χ0v) is 19.2. The number of nitrogens with one attached hydrogen (secondary N) is 1. The van der Waals surface area contributed by atoms with E-state index in [4.69, 9.17) is 0 Å². The van der Waals surface area contributed by atoms with Crippen LogP contribution >= 0.6 is 0 Å². The first-order chi connectivity index (χ1) is 14.3. The van der Waals surface area contributed by atoms with Crippen molar-refractivity contribution in [3.8, 4) is 0 Å². The van der Waals surface area contributed by atoms with E-state index in [0.717, 1.165) is 43.5 Å². The zero-order valence-electron chi connectivity index (χ0n) is 18.4. The van der Waals surface area contributed by atoms with E-state index in [1.807, 2.05) is 30.3 Å². The Morgan fingerprint density at radius 1 is 1.07 bits per heavy atom. The number of sulfonamides is 1. The van der Waals surface area contributed by atoms with Gasteiger partial charge in [-0.1, -0.05) is 44.2 Å². The van der Waals surface area contributed by atoms with Gasteiger partial charge < -0.3 is 10.2 Å². The van der Waals surface area contributed by atoms with Crippen molar-refractivity contribution in [2.24, 2.45) is 17.8 Å². The van der Waals surface area contributed by atoms with Gasteiger partial charge in [-0.3, -0.25) is 4.79 Å². The maximum absolute atomic E-state index is 12.7. The number of rotatable bonds is 8. The first-order valence-corrected chi connectivity index (χ1v) is 13.0. The molecule has 2 atom stereocenters. The summed E-state index contributed by atoms with van der Waals surface area (Å²) in [7, 11) is -3.33. The lowest BCUT2D eigenvalue weighted by atomic mass is 9.92. The summed E-state index contributed by atoms with van der Waals surface area (Å²) in [5.41, 5.74) is 0.801. The van der Waals surface area contributed by atoms with Crippen molar-refractivity contribution >= 4 is 15.9 Å². The number of nitrogens with zero attached hydrogens (tertiary/aromatic N) is 2. The minimum Gasteiger partial charge on any atom is -0.356 e. The minimum atomic E-state index is -3.33. The van der Waals surface area contributed by atoms with Gasteiger partial charge in [-0.2, -0.15) is 0 Å². The molecule has 0 radical (unpaired) electrons. The van der Waals surface area contributed by atoms with E-state index in [9.17, 15) is 13.2 Å². The smallest absolute Gasteiger partial charge is 0.223 e. The molecule has 2 aliphatic heterocycles. The van der Waals surface area contributed by atoms with Crippen LogP contribution in [0.1, 0.15) is 45.1 Å². The monoisotopic (exact) mass is 435 g/mol. The summed E-state index contributed by atoms with van der Waals surface area (Å²) in [6.45, 7) is 9.54. The fourth-order valence-corrected chi connectivity index (χ4v) is 6.47. The summed E-state index contributed by atoms with van der Waals surface area (Å²) in [4.78, 5) is 15.0. The third-order valence-corrected chi connectivity index (χ3v) is 8.15. The Labute approximate surface area is 182 Å². The first kappa shape index (κ1) is 23.2. The van der Waals surface area contributed by atoms with Crippen molar-refractivity contribution < 1.29 is 13.2 Å². The molecule has 1 aromatic carbocycles. The van der Waals surface area contributed by atoms with Gasteiger partial charge >= 0.3 is 0 Å². The van der Waals surface area contributed by atoms with Gasteiger partial charge in [0.2, 0.25) is 15.9 Å². The molecule has 6 nitrogen and oxygen atoms in total. The van der Waals surface area contributed by atoms with E-state index < -0.39 is 10.0 Å². The van der Waals surface area contributed by atoms with Crippen molar-refractivity contribution in [2.75, 3.05) is 39.3 Å². The van der Waals surface area contributed by atoms with Crippen LogP contribution < -0.4 is 5.32 Å².